The SMILES string of the molecule is CC(=O)OC[C@@H](C)[C@H]1C[C@@H](O)[C@H]2[C@@H]3C[C@H](O[Si](C)(C)C(C)(C)C)[C@H]4C[C@@H](O[Si](C)(C)C(C)(C)C)CC[C@]4(C)[C@H]3CC[C@@]21C. The number of aliphatic hydroxyl groups excluding tert-OH is 1. The van der Waals surface area contributed by atoms with Crippen molar-refractivity contribution in [1.29, 1.82) is 0 Å². The lowest BCUT2D eigenvalue weighted by Gasteiger charge is -2.64. The highest BCUT2D eigenvalue weighted by Crippen LogP contribution is 2.69. The van der Waals surface area contributed by atoms with Crippen LogP contribution < -0.4 is 0 Å². The van der Waals surface area contributed by atoms with Gasteiger partial charge in [0.1, 0.15) is 0 Å². The lowest BCUT2D eigenvalue weighted by molar-refractivity contribution is -0.177. The Bertz CT molecular complexity index is 1010. The van der Waals surface area contributed by atoms with Crippen molar-refractivity contribution >= 4 is 22.6 Å². The summed E-state index contributed by atoms with van der Waals surface area (Å²) in [4.78, 5) is 11.6. The van der Waals surface area contributed by atoms with Gasteiger partial charge in [0.25, 0.3) is 0 Å². The molecule has 0 amide bonds. The highest BCUT2D eigenvalue weighted by Gasteiger charge is 2.65. The predicted octanol–water partition coefficient (Wildman–Crippen LogP) is 9.21. The Labute approximate surface area is 267 Å². The van der Waals surface area contributed by atoms with Crippen molar-refractivity contribution in [2.24, 2.45) is 46.3 Å². The van der Waals surface area contributed by atoms with Crippen LogP contribution in [-0.2, 0) is 18.4 Å². The van der Waals surface area contributed by atoms with Crippen molar-refractivity contribution in [3.63, 3.8) is 0 Å². The summed E-state index contributed by atoms with van der Waals surface area (Å²) in [6.45, 7) is 33.0. The normalized spacial score (nSPS) is 41.2. The van der Waals surface area contributed by atoms with Crippen LogP contribution in [0, 0.1) is 46.3 Å². The lowest BCUT2D eigenvalue weighted by atomic mass is 9.43. The lowest BCUT2D eigenvalue weighted by Crippen LogP contribution is -2.62. The highest BCUT2D eigenvalue weighted by molar-refractivity contribution is 6.74. The Morgan fingerprint density at radius 3 is 1.98 bits per heavy atom. The second kappa shape index (κ2) is 11.8. The first kappa shape index (κ1) is 35.6. The minimum absolute atomic E-state index is 0.0630. The second-order valence-corrected chi connectivity index (χ2v) is 28.6. The summed E-state index contributed by atoms with van der Waals surface area (Å²) in [5.41, 5.74) is 0.263. The predicted molar refractivity (Wildman–Crippen MR) is 182 cm³/mol. The largest absolute Gasteiger partial charge is 0.466 e. The topological polar surface area (TPSA) is 65.0 Å². The summed E-state index contributed by atoms with van der Waals surface area (Å²) >= 11 is 0. The average Bonchev–Trinajstić information content (AvgIpc) is 3.12. The molecule has 4 aliphatic carbocycles. The molecule has 0 saturated heterocycles. The van der Waals surface area contributed by atoms with E-state index in [0.29, 0.717) is 36.4 Å². The number of hydrogen-bond acceptors (Lipinski definition) is 5. The Balaban J connectivity index is 1.67. The molecular weight excluding hydrogens is 569 g/mol. The molecule has 250 valence electrons. The Kier molecular flexibility index (Phi) is 9.77. The summed E-state index contributed by atoms with van der Waals surface area (Å²) in [6, 6.07) is 0. The average molecular weight is 637 g/mol. The minimum atomic E-state index is -2.02. The maximum Gasteiger partial charge on any atom is 0.302 e. The van der Waals surface area contributed by atoms with Crippen LogP contribution >= 0.6 is 0 Å². The van der Waals surface area contributed by atoms with Crippen molar-refractivity contribution in [3.8, 4) is 0 Å². The maximum atomic E-state index is 11.8. The van der Waals surface area contributed by atoms with Crippen LogP contribution in [0.1, 0.15) is 114 Å². The smallest absolute Gasteiger partial charge is 0.302 e. The van der Waals surface area contributed by atoms with E-state index in [0.717, 1.165) is 32.1 Å². The third-order valence-corrected chi connectivity index (χ3v) is 23.5. The van der Waals surface area contributed by atoms with Gasteiger partial charge in [-0.25, -0.2) is 0 Å². The maximum absolute atomic E-state index is 11.8. The van der Waals surface area contributed by atoms with Gasteiger partial charge < -0.3 is 18.7 Å². The summed E-state index contributed by atoms with van der Waals surface area (Å²) in [6.07, 6.45) is 7.95. The molecule has 7 heteroatoms. The summed E-state index contributed by atoms with van der Waals surface area (Å²) < 4.78 is 20.1. The van der Waals surface area contributed by atoms with Gasteiger partial charge in [-0.15, -0.1) is 0 Å². The van der Waals surface area contributed by atoms with E-state index in [4.69, 9.17) is 13.6 Å². The molecule has 43 heavy (non-hydrogen) atoms. The van der Waals surface area contributed by atoms with Crippen molar-refractivity contribution in [1.82, 2.24) is 0 Å². The van der Waals surface area contributed by atoms with Gasteiger partial charge in [0.2, 0.25) is 0 Å². The number of ether oxygens (including phenoxy) is 1. The molecule has 0 aliphatic heterocycles. The Morgan fingerprint density at radius 1 is 0.860 bits per heavy atom. The van der Waals surface area contributed by atoms with Gasteiger partial charge in [0.15, 0.2) is 16.6 Å². The molecule has 4 aliphatic rings. The third kappa shape index (κ3) is 6.51. The molecule has 0 heterocycles. The van der Waals surface area contributed by atoms with Gasteiger partial charge in [0.05, 0.1) is 12.7 Å². The second-order valence-electron chi connectivity index (χ2n) is 19.1. The first-order valence-electron chi connectivity index (χ1n) is 17.6. The van der Waals surface area contributed by atoms with E-state index >= 15 is 0 Å². The molecular formula is C36H68O5Si2. The number of carbonyl (C=O) groups is 1. The van der Waals surface area contributed by atoms with E-state index in [-0.39, 0.29) is 50.9 Å². The van der Waals surface area contributed by atoms with Gasteiger partial charge in [-0.1, -0.05) is 62.3 Å². The summed E-state index contributed by atoms with van der Waals surface area (Å²) in [5, 5.41) is 12.2. The van der Waals surface area contributed by atoms with E-state index in [1.165, 1.54) is 19.8 Å². The molecule has 11 atom stereocenters. The quantitative estimate of drug-likeness (QED) is 0.223. The van der Waals surface area contributed by atoms with Crippen molar-refractivity contribution < 1.29 is 23.5 Å². The Morgan fingerprint density at radius 2 is 1.42 bits per heavy atom. The molecule has 0 radical (unpaired) electrons. The van der Waals surface area contributed by atoms with Crippen LogP contribution in [0.25, 0.3) is 0 Å². The number of rotatable bonds is 7. The molecule has 4 saturated carbocycles. The van der Waals surface area contributed by atoms with E-state index < -0.39 is 16.6 Å². The number of hydrogen-bond donors (Lipinski definition) is 1. The van der Waals surface area contributed by atoms with Crippen molar-refractivity contribution in [3.05, 3.63) is 0 Å². The monoisotopic (exact) mass is 636 g/mol. The first-order chi connectivity index (χ1) is 19.4. The van der Waals surface area contributed by atoms with Crippen molar-refractivity contribution in [2.45, 2.75) is 169 Å². The Hall–Kier alpha value is -0.216. The molecule has 0 unspecified atom stereocenters. The molecule has 5 nitrogen and oxygen atoms in total. The third-order valence-electron chi connectivity index (χ3n) is 14.4. The van der Waals surface area contributed by atoms with E-state index in [1.54, 1.807) is 0 Å². The van der Waals surface area contributed by atoms with Crippen LogP contribution in [0.15, 0.2) is 0 Å². The summed E-state index contributed by atoms with van der Waals surface area (Å²) in [7, 11) is -3.89. The molecule has 1 N–H and O–H groups in total. The van der Waals surface area contributed by atoms with Gasteiger partial charge >= 0.3 is 5.97 Å². The van der Waals surface area contributed by atoms with Crippen LogP contribution in [0.5, 0.6) is 0 Å². The van der Waals surface area contributed by atoms with Gasteiger partial charge in [0, 0.05) is 19.1 Å². The molecule has 4 rings (SSSR count). The number of esters is 1. The first-order valence-corrected chi connectivity index (χ1v) is 23.4. The van der Waals surface area contributed by atoms with Gasteiger partial charge in [-0.3, -0.25) is 4.79 Å². The van der Waals surface area contributed by atoms with E-state index in [9.17, 15) is 9.90 Å². The fourth-order valence-corrected chi connectivity index (χ4v) is 12.8. The zero-order valence-electron chi connectivity index (χ0n) is 30.4. The van der Waals surface area contributed by atoms with Crippen LogP contribution in [-0.4, -0.2) is 52.6 Å². The minimum Gasteiger partial charge on any atom is -0.466 e. The molecule has 4 fully saturated rings. The summed E-state index contributed by atoms with van der Waals surface area (Å²) in [5.74, 6) is 2.26. The molecule has 0 bridgehead atoms. The fourth-order valence-electron chi connectivity index (χ4n) is 9.98. The number of aliphatic hydroxyl groups is 1. The zero-order valence-corrected chi connectivity index (χ0v) is 32.4. The number of carbonyl (C=O) groups excluding carboxylic acids is 1. The van der Waals surface area contributed by atoms with Gasteiger partial charge in [-0.2, -0.15) is 0 Å². The van der Waals surface area contributed by atoms with Crippen LogP contribution in [0.4, 0.5) is 0 Å². The van der Waals surface area contributed by atoms with E-state index in [2.05, 4.69) is 88.5 Å². The molecule has 0 aromatic carbocycles. The van der Waals surface area contributed by atoms with Gasteiger partial charge in [-0.05, 0) is 128 Å². The fraction of sp³-hybridized carbons (Fsp3) is 0.972. The van der Waals surface area contributed by atoms with Crippen molar-refractivity contribution in [2.75, 3.05) is 6.61 Å². The zero-order chi connectivity index (χ0) is 32.6. The molecule has 0 aromatic rings. The molecule has 0 spiro atoms. The number of fused-ring (bicyclic) bond motifs is 5. The van der Waals surface area contributed by atoms with E-state index in [1.807, 2.05) is 0 Å². The van der Waals surface area contributed by atoms with Crippen LogP contribution in [0.2, 0.25) is 36.3 Å². The highest BCUT2D eigenvalue weighted by atomic mass is 28.4. The molecule has 0 aromatic heterocycles. The standard InChI is InChI=1S/C36H68O5Si2/c1-23(22-39-24(2)37)28-21-30(38)32-26-20-31(41-43(13,14)34(6,7)8)29-19-25(40-42(11,12)33(3,4)5)15-17-35(29,9)27(26)16-18-36(28,32)10/h23,25-32,38H,15-22H2,1-14H3/t23-,25+,26-,27+,28-,29-,30-,31+,32-,35-,36-/m1/s1. The van der Waals surface area contributed by atoms with Crippen LogP contribution in [0.3, 0.4) is 0 Å².